The molecule has 138 valence electrons. The molecule has 0 spiro atoms. The van der Waals surface area contributed by atoms with E-state index in [1.807, 2.05) is 44.3 Å². The third kappa shape index (κ3) is 7.91. The second-order valence-electron chi connectivity index (χ2n) is 5.30. The molecule has 0 aliphatic carbocycles. The maximum atomic E-state index is 5.94. The molecule has 2 rings (SSSR count). The van der Waals surface area contributed by atoms with Gasteiger partial charge in [0, 0.05) is 17.6 Å². The predicted octanol–water partition coefficient (Wildman–Crippen LogP) is 4.35. The summed E-state index contributed by atoms with van der Waals surface area (Å²) in [5.74, 6) is 1.61. The van der Waals surface area contributed by atoms with Gasteiger partial charge in [-0.1, -0.05) is 12.1 Å². The van der Waals surface area contributed by atoms with Gasteiger partial charge >= 0.3 is 0 Å². The number of aryl methyl sites for hydroxylation is 1. The number of hydrogen-bond donors (Lipinski definition) is 2. The molecule has 2 aromatic rings. The number of aromatic nitrogens is 1. The Bertz CT molecular complexity index is 680. The van der Waals surface area contributed by atoms with E-state index in [1.54, 1.807) is 11.3 Å². The van der Waals surface area contributed by atoms with Crippen molar-refractivity contribution in [1.29, 1.82) is 0 Å². The largest absolute Gasteiger partial charge is 0.488 e. The first kappa shape index (κ1) is 22.2. The molecule has 25 heavy (non-hydrogen) atoms. The van der Waals surface area contributed by atoms with Gasteiger partial charge in [0.05, 0.1) is 17.6 Å². The quantitative estimate of drug-likeness (QED) is 0.312. The molecule has 5 nitrogen and oxygen atoms in total. The molecule has 1 aromatic carbocycles. The average molecular weight is 539 g/mol. The van der Waals surface area contributed by atoms with Crippen molar-refractivity contribution in [2.45, 2.75) is 33.4 Å². The topological polar surface area (TPSA) is 58.5 Å². The minimum atomic E-state index is 0. The summed E-state index contributed by atoms with van der Waals surface area (Å²) in [5, 5.41) is 7.57. The van der Waals surface area contributed by atoms with Crippen LogP contribution in [0.3, 0.4) is 0 Å². The van der Waals surface area contributed by atoms with Crippen LogP contribution < -0.4 is 15.4 Å². The lowest BCUT2D eigenvalue weighted by molar-refractivity contribution is 0.222. The minimum absolute atomic E-state index is 0. The Kier molecular flexibility index (Phi) is 10.4. The number of rotatable bonds is 7. The molecule has 8 heteroatoms. The van der Waals surface area contributed by atoms with Gasteiger partial charge < -0.3 is 15.4 Å². The van der Waals surface area contributed by atoms with E-state index in [9.17, 15) is 0 Å². The van der Waals surface area contributed by atoms with Gasteiger partial charge in [0.1, 0.15) is 16.9 Å². The van der Waals surface area contributed by atoms with Crippen LogP contribution in [0.1, 0.15) is 23.7 Å². The predicted molar refractivity (Wildman–Crippen MR) is 119 cm³/mol. The smallest absolute Gasteiger partial charge is 0.191 e. The number of guanidine groups is 1. The van der Waals surface area contributed by atoms with Gasteiger partial charge in [-0.15, -0.1) is 35.3 Å². The van der Waals surface area contributed by atoms with E-state index < -0.39 is 0 Å². The zero-order chi connectivity index (χ0) is 17.4. The number of nitrogens with one attached hydrogen (secondary N) is 2. The van der Waals surface area contributed by atoms with Crippen LogP contribution in [0.2, 0.25) is 0 Å². The molecule has 0 saturated carbocycles. The van der Waals surface area contributed by atoms with Crippen LogP contribution in [0, 0.1) is 6.92 Å². The lowest BCUT2D eigenvalue weighted by Crippen LogP contribution is -2.41. The number of ether oxygens (including phenoxy) is 1. The highest BCUT2D eigenvalue weighted by molar-refractivity contribution is 14.0. The Morgan fingerprint density at radius 2 is 2.12 bits per heavy atom. The standard InChI is InChI=1S/C17H23BrN4OS.HI/c1-4-19-17(22-11-16-20-10-13(3)24-16)21-9-12(2)23-15-8-6-5-7-14(15)18;/h5-8,10,12H,4,9,11H2,1-3H3,(H2,19,21,22);1H. The fourth-order valence-corrected chi connectivity index (χ4v) is 3.09. The van der Waals surface area contributed by atoms with Crippen molar-refractivity contribution in [1.82, 2.24) is 15.6 Å². The van der Waals surface area contributed by atoms with E-state index in [0.29, 0.717) is 13.1 Å². The van der Waals surface area contributed by atoms with Crippen molar-refractivity contribution in [3.05, 3.63) is 44.8 Å². The van der Waals surface area contributed by atoms with E-state index in [-0.39, 0.29) is 30.1 Å². The van der Waals surface area contributed by atoms with Crippen molar-refractivity contribution < 1.29 is 4.74 Å². The monoisotopic (exact) mass is 538 g/mol. The molecule has 0 bridgehead atoms. The van der Waals surface area contributed by atoms with E-state index in [2.05, 4.69) is 43.5 Å². The van der Waals surface area contributed by atoms with Gasteiger partial charge in [0.2, 0.25) is 0 Å². The third-order valence-corrected chi connectivity index (χ3v) is 4.66. The van der Waals surface area contributed by atoms with Crippen LogP contribution in [0.4, 0.5) is 0 Å². The average Bonchev–Trinajstić information content (AvgIpc) is 2.98. The summed E-state index contributed by atoms with van der Waals surface area (Å²) in [6.07, 6.45) is 1.89. The highest BCUT2D eigenvalue weighted by atomic mass is 127. The van der Waals surface area contributed by atoms with Gasteiger partial charge in [0.25, 0.3) is 0 Å². The van der Waals surface area contributed by atoms with E-state index in [1.165, 1.54) is 4.88 Å². The Hall–Kier alpha value is -0.870. The minimum Gasteiger partial charge on any atom is -0.488 e. The van der Waals surface area contributed by atoms with Crippen molar-refractivity contribution in [2.75, 3.05) is 13.1 Å². The van der Waals surface area contributed by atoms with Crippen molar-refractivity contribution in [3.63, 3.8) is 0 Å². The maximum absolute atomic E-state index is 5.94. The molecule has 1 unspecified atom stereocenters. The lowest BCUT2D eigenvalue weighted by Gasteiger charge is -2.18. The molecule has 1 aromatic heterocycles. The molecule has 0 radical (unpaired) electrons. The summed E-state index contributed by atoms with van der Waals surface area (Å²) >= 11 is 5.17. The number of thiazole rings is 1. The molecule has 0 aliphatic heterocycles. The zero-order valence-electron chi connectivity index (χ0n) is 14.6. The third-order valence-electron chi connectivity index (χ3n) is 3.11. The first-order valence-electron chi connectivity index (χ1n) is 7.93. The molecule has 0 amide bonds. The SMILES string of the molecule is CCNC(=NCc1ncc(C)s1)NCC(C)Oc1ccccc1Br.I. The van der Waals surface area contributed by atoms with Crippen molar-refractivity contribution >= 4 is 57.2 Å². The fourth-order valence-electron chi connectivity index (χ4n) is 2.00. The molecular weight excluding hydrogens is 515 g/mol. The van der Waals surface area contributed by atoms with Crippen molar-refractivity contribution in [3.8, 4) is 5.75 Å². The van der Waals surface area contributed by atoms with E-state index >= 15 is 0 Å². The summed E-state index contributed by atoms with van der Waals surface area (Å²) in [6.45, 7) is 8.17. The Morgan fingerprint density at radius 3 is 2.76 bits per heavy atom. The second-order valence-corrected chi connectivity index (χ2v) is 7.47. The molecule has 0 fully saturated rings. The van der Waals surface area contributed by atoms with Crippen LogP contribution in [0.5, 0.6) is 5.75 Å². The second kappa shape index (κ2) is 11.7. The van der Waals surface area contributed by atoms with Crippen LogP contribution in [0.25, 0.3) is 0 Å². The highest BCUT2D eigenvalue weighted by Gasteiger charge is 2.08. The van der Waals surface area contributed by atoms with Gasteiger partial charge in [-0.2, -0.15) is 0 Å². The van der Waals surface area contributed by atoms with Crippen LogP contribution in [0.15, 0.2) is 39.9 Å². The zero-order valence-corrected chi connectivity index (χ0v) is 19.3. The van der Waals surface area contributed by atoms with Crippen LogP contribution in [-0.4, -0.2) is 30.1 Å². The molecule has 0 saturated heterocycles. The normalized spacial score (nSPS) is 12.2. The summed E-state index contributed by atoms with van der Waals surface area (Å²) in [5.41, 5.74) is 0. The fraction of sp³-hybridized carbons (Fsp3) is 0.412. The van der Waals surface area contributed by atoms with Gasteiger partial charge in [-0.25, -0.2) is 9.98 Å². The van der Waals surface area contributed by atoms with Crippen LogP contribution in [-0.2, 0) is 6.54 Å². The Morgan fingerprint density at radius 1 is 1.36 bits per heavy atom. The number of aliphatic imine (C=N–C) groups is 1. The maximum Gasteiger partial charge on any atom is 0.191 e. The molecule has 0 aliphatic rings. The lowest BCUT2D eigenvalue weighted by atomic mass is 10.3. The van der Waals surface area contributed by atoms with E-state index in [4.69, 9.17) is 4.74 Å². The number of hydrogen-bond acceptors (Lipinski definition) is 4. The Labute approximate surface area is 178 Å². The first-order chi connectivity index (χ1) is 11.6. The number of para-hydroxylation sites is 1. The van der Waals surface area contributed by atoms with E-state index in [0.717, 1.165) is 27.7 Å². The molecule has 1 heterocycles. The molecule has 2 N–H and O–H groups in total. The number of benzene rings is 1. The summed E-state index contributed by atoms with van der Waals surface area (Å²) < 4.78 is 6.89. The highest BCUT2D eigenvalue weighted by Crippen LogP contribution is 2.24. The Balaban J connectivity index is 0.00000312. The van der Waals surface area contributed by atoms with Gasteiger partial charge in [-0.05, 0) is 48.8 Å². The van der Waals surface area contributed by atoms with Crippen molar-refractivity contribution in [2.24, 2.45) is 4.99 Å². The number of halogens is 2. The first-order valence-corrected chi connectivity index (χ1v) is 9.54. The van der Waals surface area contributed by atoms with Gasteiger partial charge in [0.15, 0.2) is 5.96 Å². The molecule has 1 atom stereocenters. The van der Waals surface area contributed by atoms with Crippen LogP contribution >= 0.6 is 51.2 Å². The van der Waals surface area contributed by atoms with Gasteiger partial charge in [-0.3, -0.25) is 0 Å². The summed E-state index contributed by atoms with van der Waals surface area (Å²) in [7, 11) is 0. The summed E-state index contributed by atoms with van der Waals surface area (Å²) in [6, 6.07) is 7.85. The summed E-state index contributed by atoms with van der Waals surface area (Å²) in [4.78, 5) is 10.1. The molecular formula is C17H24BrIN4OS. The number of nitrogens with zero attached hydrogens (tertiary/aromatic N) is 2.